The van der Waals surface area contributed by atoms with Crippen molar-refractivity contribution in [2.75, 3.05) is 12.4 Å². The quantitative estimate of drug-likeness (QED) is 0.504. The SMILES string of the molecule is COC(=O)C(C)(Nc1ccccc1)C(=O)c1ccc(C(F)(F)F)cc1. The minimum absolute atomic E-state index is 0.0377. The van der Waals surface area contributed by atoms with E-state index in [0.717, 1.165) is 31.4 Å². The summed E-state index contributed by atoms with van der Waals surface area (Å²) in [5, 5.41) is 2.80. The van der Waals surface area contributed by atoms with E-state index in [1.54, 1.807) is 30.3 Å². The number of halogens is 3. The molecule has 0 aromatic heterocycles. The van der Waals surface area contributed by atoms with Gasteiger partial charge in [0.2, 0.25) is 0 Å². The van der Waals surface area contributed by atoms with Crippen molar-refractivity contribution in [2.24, 2.45) is 0 Å². The molecule has 25 heavy (non-hydrogen) atoms. The molecular weight excluding hydrogens is 335 g/mol. The van der Waals surface area contributed by atoms with Crippen LogP contribution in [-0.4, -0.2) is 24.4 Å². The van der Waals surface area contributed by atoms with Crippen LogP contribution in [0.2, 0.25) is 0 Å². The molecule has 0 spiro atoms. The molecule has 2 aromatic carbocycles. The number of Topliss-reactive ketones (excluding diaryl/α,β-unsaturated/α-hetero) is 1. The molecule has 0 radical (unpaired) electrons. The third kappa shape index (κ3) is 3.99. The third-order valence-corrected chi connectivity index (χ3v) is 3.69. The number of hydrogen-bond donors (Lipinski definition) is 1. The molecular formula is C18H16F3NO3. The highest BCUT2D eigenvalue weighted by Gasteiger charge is 2.43. The van der Waals surface area contributed by atoms with Gasteiger partial charge in [0, 0.05) is 11.3 Å². The lowest BCUT2D eigenvalue weighted by molar-refractivity contribution is -0.143. The maximum Gasteiger partial charge on any atom is 0.416 e. The van der Waals surface area contributed by atoms with Crippen LogP contribution >= 0.6 is 0 Å². The number of anilines is 1. The van der Waals surface area contributed by atoms with Crippen LogP contribution in [0, 0.1) is 0 Å². The largest absolute Gasteiger partial charge is 0.467 e. The second kappa shape index (κ2) is 6.96. The Labute approximate surface area is 142 Å². The maximum absolute atomic E-state index is 12.8. The number of hydrogen-bond acceptors (Lipinski definition) is 4. The first kappa shape index (κ1) is 18.5. The number of esters is 1. The van der Waals surface area contributed by atoms with Gasteiger partial charge in [-0.05, 0) is 31.2 Å². The highest BCUT2D eigenvalue weighted by Crippen LogP contribution is 2.30. The molecule has 0 aliphatic heterocycles. The van der Waals surface area contributed by atoms with Gasteiger partial charge in [0.15, 0.2) is 11.3 Å². The van der Waals surface area contributed by atoms with Gasteiger partial charge in [-0.25, -0.2) is 4.79 Å². The molecule has 2 rings (SSSR count). The van der Waals surface area contributed by atoms with E-state index in [9.17, 15) is 22.8 Å². The maximum atomic E-state index is 12.8. The van der Waals surface area contributed by atoms with Gasteiger partial charge in [0.05, 0.1) is 12.7 Å². The van der Waals surface area contributed by atoms with Crippen molar-refractivity contribution in [3.05, 3.63) is 65.7 Å². The standard InChI is InChI=1S/C18H16F3NO3/c1-17(16(24)25-2,22-14-6-4-3-5-7-14)15(23)12-8-10-13(11-9-12)18(19,20)21/h3-11,22H,1-2H3. The van der Waals surface area contributed by atoms with Gasteiger partial charge in [0.1, 0.15) is 0 Å². The second-order valence-corrected chi connectivity index (χ2v) is 5.51. The molecule has 7 heteroatoms. The first-order chi connectivity index (χ1) is 11.7. The van der Waals surface area contributed by atoms with E-state index < -0.39 is 29.0 Å². The molecule has 0 saturated carbocycles. The summed E-state index contributed by atoms with van der Waals surface area (Å²) in [5.41, 5.74) is -2.20. The first-order valence-electron chi connectivity index (χ1n) is 7.32. The van der Waals surface area contributed by atoms with Crippen molar-refractivity contribution in [3.8, 4) is 0 Å². The van der Waals surface area contributed by atoms with Crippen LogP contribution in [-0.2, 0) is 15.7 Å². The fourth-order valence-electron chi connectivity index (χ4n) is 2.31. The van der Waals surface area contributed by atoms with Gasteiger partial charge in [-0.2, -0.15) is 13.2 Å². The van der Waals surface area contributed by atoms with Crippen LogP contribution < -0.4 is 5.32 Å². The second-order valence-electron chi connectivity index (χ2n) is 5.51. The van der Waals surface area contributed by atoms with Crippen molar-refractivity contribution in [1.82, 2.24) is 0 Å². The summed E-state index contributed by atoms with van der Waals surface area (Å²) < 4.78 is 42.7. The highest BCUT2D eigenvalue weighted by atomic mass is 19.4. The minimum Gasteiger partial charge on any atom is -0.467 e. The van der Waals surface area contributed by atoms with Crippen LogP contribution in [0.1, 0.15) is 22.8 Å². The molecule has 4 nitrogen and oxygen atoms in total. The van der Waals surface area contributed by atoms with Crippen molar-refractivity contribution in [1.29, 1.82) is 0 Å². The van der Waals surface area contributed by atoms with E-state index in [2.05, 4.69) is 5.32 Å². The molecule has 0 aliphatic carbocycles. The number of carbonyl (C=O) groups is 2. The monoisotopic (exact) mass is 351 g/mol. The molecule has 2 aromatic rings. The van der Waals surface area contributed by atoms with Crippen LogP contribution in [0.5, 0.6) is 0 Å². The number of alkyl halides is 3. The average Bonchev–Trinajstić information content (AvgIpc) is 2.60. The van der Waals surface area contributed by atoms with Gasteiger partial charge in [-0.1, -0.05) is 30.3 Å². The van der Waals surface area contributed by atoms with Gasteiger partial charge < -0.3 is 10.1 Å². The lowest BCUT2D eigenvalue weighted by Gasteiger charge is -2.27. The van der Waals surface area contributed by atoms with Gasteiger partial charge in [-0.3, -0.25) is 4.79 Å². The Hall–Kier alpha value is -2.83. The predicted octanol–water partition coefficient (Wildman–Crippen LogP) is 3.93. The molecule has 1 unspecified atom stereocenters. The fraction of sp³-hybridized carbons (Fsp3) is 0.222. The molecule has 0 heterocycles. The van der Waals surface area contributed by atoms with Crippen molar-refractivity contribution >= 4 is 17.4 Å². The van der Waals surface area contributed by atoms with Crippen LogP contribution in [0.4, 0.5) is 18.9 Å². The number of carbonyl (C=O) groups excluding carboxylic acids is 2. The zero-order valence-electron chi connectivity index (χ0n) is 13.6. The van der Waals surface area contributed by atoms with Gasteiger partial charge >= 0.3 is 12.1 Å². The number of ketones is 1. The number of ether oxygens (including phenoxy) is 1. The highest BCUT2D eigenvalue weighted by molar-refractivity contribution is 6.18. The van der Waals surface area contributed by atoms with E-state index in [-0.39, 0.29) is 5.56 Å². The van der Waals surface area contributed by atoms with E-state index >= 15 is 0 Å². The number of para-hydroxylation sites is 1. The predicted molar refractivity (Wildman–Crippen MR) is 86.3 cm³/mol. The first-order valence-corrected chi connectivity index (χ1v) is 7.32. The third-order valence-electron chi connectivity index (χ3n) is 3.69. The molecule has 1 N–H and O–H groups in total. The molecule has 0 saturated heterocycles. The number of benzene rings is 2. The molecule has 0 fully saturated rings. The van der Waals surface area contributed by atoms with Gasteiger partial charge in [-0.15, -0.1) is 0 Å². The number of rotatable bonds is 5. The molecule has 0 aliphatic rings. The van der Waals surface area contributed by atoms with E-state index in [4.69, 9.17) is 4.74 Å². The number of methoxy groups -OCH3 is 1. The molecule has 132 valence electrons. The topological polar surface area (TPSA) is 55.4 Å². The van der Waals surface area contributed by atoms with Crippen molar-refractivity contribution in [3.63, 3.8) is 0 Å². The minimum atomic E-state index is -4.50. The van der Waals surface area contributed by atoms with Gasteiger partial charge in [0.25, 0.3) is 0 Å². The molecule has 0 bridgehead atoms. The zero-order chi connectivity index (χ0) is 18.7. The van der Waals surface area contributed by atoms with Crippen molar-refractivity contribution < 1.29 is 27.5 Å². The molecule has 1 atom stereocenters. The Bertz CT molecular complexity index is 757. The lowest BCUT2D eigenvalue weighted by Crippen LogP contribution is -2.51. The molecule has 0 amide bonds. The summed E-state index contributed by atoms with van der Waals surface area (Å²) in [7, 11) is 1.13. The Morgan fingerprint density at radius 1 is 0.960 bits per heavy atom. The fourth-order valence-corrected chi connectivity index (χ4v) is 2.31. The smallest absolute Gasteiger partial charge is 0.416 e. The average molecular weight is 351 g/mol. The zero-order valence-corrected chi connectivity index (χ0v) is 13.6. The Balaban J connectivity index is 2.37. The van der Waals surface area contributed by atoms with E-state index in [1.807, 2.05) is 0 Å². The summed E-state index contributed by atoms with van der Waals surface area (Å²) in [6, 6.07) is 12.2. The number of nitrogens with one attached hydrogen (secondary N) is 1. The normalized spacial score (nSPS) is 13.6. The Morgan fingerprint density at radius 2 is 1.52 bits per heavy atom. The van der Waals surface area contributed by atoms with E-state index in [0.29, 0.717) is 5.69 Å². The lowest BCUT2D eigenvalue weighted by atomic mass is 9.90. The van der Waals surface area contributed by atoms with Crippen molar-refractivity contribution in [2.45, 2.75) is 18.6 Å². The van der Waals surface area contributed by atoms with Crippen LogP contribution in [0.15, 0.2) is 54.6 Å². The van der Waals surface area contributed by atoms with Crippen LogP contribution in [0.25, 0.3) is 0 Å². The summed E-state index contributed by atoms with van der Waals surface area (Å²) in [4.78, 5) is 25.0. The van der Waals surface area contributed by atoms with E-state index in [1.165, 1.54) is 6.92 Å². The summed E-state index contributed by atoms with van der Waals surface area (Å²) in [5.74, 6) is -1.54. The summed E-state index contributed by atoms with van der Waals surface area (Å²) in [6.07, 6.45) is -4.50. The Morgan fingerprint density at radius 3 is 2.00 bits per heavy atom. The summed E-state index contributed by atoms with van der Waals surface area (Å²) >= 11 is 0. The summed E-state index contributed by atoms with van der Waals surface area (Å²) in [6.45, 7) is 1.33. The van der Waals surface area contributed by atoms with Crippen LogP contribution in [0.3, 0.4) is 0 Å². The Kier molecular flexibility index (Phi) is 5.15.